The van der Waals surface area contributed by atoms with Crippen molar-refractivity contribution in [2.24, 2.45) is 42.3 Å². The SMILES string of the molecule is CC#N.CC#N.CC#N.CC#N.CCO.CCO.Cn1c(-c2ccc3cccc([O-])c3n2)nc2ccccc21.Cn1c(-c2ccc3cccc([O-])c3n2)nc2ccccc21.Cn1c(-c2ccc3cccc([O-])c3n2)nc2ccccc21.Cn1c(-c2ccc3cccc([O-])c3n2)nc2ccccc21.Cn1c(-c2ccc3cccc([O-])c3n2)nc2ccccc21.Cn1c(-c2ccc3cccc([O-])c3n2)nc2ccccc21.[Eu+3].[Eu+3]. The largest absolute Gasteiger partial charge is 3.00 e. The molecule has 0 saturated carbocycles. The van der Waals surface area contributed by atoms with Gasteiger partial charge in [-0.15, -0.1) is 0 Å². The van der Waals surface area contributed by atoms with Crippen LogP contribution in [-0.2, 0) is 42.3 Å². The van der Waals surface area contributed by atoms with Gasteiger partial charge in [-0.25, -0.2) is 59.8 Å². The molecule has 0 aliphatic rings. The summed E-state index contributed by atoms with van der Waals surface area (Å²) in [5.74, 6) is 4.22. The van der Waals surface area contributed by atoms with Crippen molar-refractivity contribution in [3.05, 3.63) is 328 Å². The van der Waals surface area contributed by atoms with Crippen LogP contribution in [0.1, 0.15) is 41.5 Å². The second-order valence-corrected chi connectivity index (χ2v) is 31.6. The summed E-state index contributed by atoms with van der Waals surface area (Å²) in [4.78, 5) is 54.7. The molecule has 24 rings (SSSR count). The van der Waals surface area contributed by atoms with Crippen LogP contribution in [0.2, 0.25) is 0 Å². The molecule has 0 aliphatic carbocycles. The van der Waals surface area contributed by atoms with Gasteiger partial charge in [-0.1, -0.05) is 253 Å². The minimum atomic E-state index is -0.0619. The van der Waals surface area contributed by atoms with Crippen LogP contribution >= 0.6 is 0 Å². The van der Waals surface area contributed by atoms with E-state index in [0.29, 0.717) is 67.3 Å². The van der Waals surface area contributed by atoms with E-state index in [9.17, 15) is 30.6 Å². The van der Waals surface area contributed by atoms with E-state index in [1.807, 2.05) is 324 Å². The molecule has 0 aliphatic heterocycles. The predicted octanol–water partition coefficient (Wildman–Crippen LogP) is 19.3. The normalized spacial score (nSPS) is 10.2. The number of hydrogen-bond acceptors (Lipinski definition) is 24. The number of pyridine rings is 6. The van der Waals surface area contributed by atoms with Crippen molar-refractivity contribution in [1.82, 2.24) is 87.2 Å². The van der Waals surface area contributed by atoms with Crippen molar-refractivity contribution in [1.29, 1.82) is 21.0 Å². The molecule has 12 heterocycles. The topological polar surface area (TPSA) is 458 Å². The molecule has 2 N–H and O–H groups in total. The summed E-state index contributed by atoms with van der Waals surface area (Å²) < 4.78 is 12.0. The molecule has 0 saturated heterocycles. The summed E-state index contributed by atoms with van der Waals surface area (Å²) in [6.45, 7) is 9.58. The van der Waals surface area contributed by atoms with Crippen LogP contribution in [0.3, 0.4) is 0 Å². The molecule has 0 atom stereocenters. The average molecular weight is 2210 g/mol. The predicted molar refractivity (Wildman–Crippen MR) is 556 cm³/mol. The molecular formula is C114H96Eu2N22O8. The number of aliphatic hydroxyl groups excluding tert-OH is 2. The number of aliphatic hydroxyl groups is 2. The Balaban J connectivity index is 0.000000161. The Morgan fingerprint density at radius 3 is 0.452 bits per heavy atom. The smallest absolute Gasteiger partial charge is 0.871 e. The number of rotatable bonds is 6. The molecule has 12 aromatic heterocycles. The molecule has 32 heteroatoms. The Bertz CT molecular complexity index is 7580. The van der Waals surface area contributed by atoms with Crippen LogP contribution in [0, 0.1) is 144 Å². The number of fused-ring (bicyclic) bond motifs is 12. The van der Waals surface area contributed by atoms with Crippen LogP contribution < -0.4 is 30.6 Å². The molecule has 12 aromatic carbocycles. The van der Waals surface area contributed by atoms with Gasteiger partial charge in [0, 0.05) is 83.2 Å². The van der Waals surface area contributed by atoms with Gasteiger partial charge in [0.05, 0.1) is 124 Å². The Kier molecular flexibility index (Phi) is 39.7. The van der Waals surface area contributed by atoms with E-state index in [2.05, 4.69) is 59.8 Å². The number of hydrogen-bond donors (Lipinski definition) is 2. The number of aryl methyl sites for hydroxylation is 6. The fourth-order valence-corrected chi connectivity index (χ4v) is 15.7. The van der Waals surface area contributed by atoms with Crippen LogP contribution in [0.15, 0.2) is 328 Å². The van der Waals surface area contributed by atoms with Gasteiger partial charge >= 0.3 is 98.8 Å². The molecule has 30 nitrogen and oxygen atoms in total. The molecule has 0 amide bonds. The van der Waals surface area contributed by atoms with Gasteiger partial charge < -0.3 is 68.3 Å². The van der Waals surface area contributed by atoms with Crippen molar-refractivity contribution in [2.75, 3.05) is 13.2 Å². The summed E-state index contributed by atoms with van der Waals surface area (Å²) in [5.41, 5.74) is 19.0. The molecule has 724 valence electrons. The molecule has 0 unspecified atom stereocenters. The summed E-state index contributed by atoms with van der Waals surface area (Å²) in [6, 6.07) is 109. The van der Waals surface area contributed by atoms with Gasteiger partial charge in [-0.2, -0.15) is 21.0 Å². The van der Waals surface area contributed by atoms with Gasteiger partial charge in [0.2, 0.25) is 0 Å². The Hall–Kier alpha value is -16.2. The van der Waals surface area contributed by atoms with Crippen LogP contribution in [0.25, 0.3) is 201 Å². The first kappa shape index (κ1) is 110. The van der Waals surface area contributed by atoms with Gasteiger partial charge in [0.15, 0.2) is 34.9 Å². The van der Waals surface area contributed by atoms with E-state index in [-0.39, 0.29) is 146 Å². The van der Waals surface area contributed by atoms with Gasteiger partial charge in [-0.05, 0) is 155 Å². The average Bonchev–Trinajstić information content (AvgIpc) is 1.62. The number of nitrogens with zero attached hydrogens (tertiary/aromatic N) is 22. The van der Waals surface area contributed by atoms with Crippen LogP contribution in [0.5, 0.6) is 34.5 Å². The zero-order valence-electron chi connectivity index (χ0n) is 81.5. The standard InChI is InChI=1S/6C17H13N3O.4C2H3N.2C2H6O.2Eu/c6*1-20-14-7-3-2-6-12(14)19-17(20)13-10-9-11-5-4-8-15(21)16(11)18-13;6*1-2-3;;/h6*2-10,21H,1H3;4*1H3;2*3H,2H2,1H3;;/q;;;;;;;;;;;;2*+3/p-6. The third-order valence-corrected chi connectivity index (χ3v) is 22.2. The van der Waals surface area contributed by atoms with Crippen LogP contribution in [0.4, 0.5) is 0 Å². The Morgan fingerprint density at radius 1 is 0.205 bits per heavy atom. The number of para-hydroxylation sites is 18. The molecule has 0 radical (unpaired) electrons. The second-order valence-electron chi connectivity index (χ2n) is 31.6. The first-order valence-electron chi connectivity index (χ1n) is 45.3. The van der Waals surface area contributed by atoms with E-state index in [0.717, 1.165) is 133 Å². The first-order valence-corrected chi connectivity index (χ1v) is 45.3. The molecule has 0 bridgehead atoms. The van der Waals surface area contributed by atoms with Crippen molar-refractivity contribution in [3.63, 3.8) is 0 Å². The summed E-state index contributed by atoms with van der Waals surface area (Å²) in [6.07, 6.45) is 0. The second kappa shape index (κ2) is 52.7. The summed E-state index contributed by atoms with van der Waals surface area (Å²) in [7, 11) is 11.7. The zero-order valence-corrected chi connectivity index (χ0v) is 86.4. The summed E-state index contributed by atoms with van der Waals surface area (Å²) in [5, 5.41) is 121. The van der Waals surface area contributed by atoms with Crippen molar-refractivity contribution in [2.45, 2.75) is 41.5 Å². The van der Waals surface area contributed by atoms with Gasteiger partial charge in [0.25, 0.3) is 0 Å². The maximum atomic E-state index is 11.9. The molecule has 146 heavy (non-hydrogen) atoms. The van der Waals surface area contributed by atoms with E-state index in [1.54, 1.807) is 74.5 Å². The fourth-order valence-electron chi connectivity index (χ4n) is 15.7. The van der Waals surface area contributed by atoms with Crippen molar-refractivity contribution in [3.8, 4) is 128 Å². The Labute approximate surface area is 922 Å². The summed E-state index contributed by atoms with van der Waals surface area (Å²) >= 11 is 0. The third-order valence-electron chi connectivity index (χ3n) is 22.2. The van der Waals surface area contributed by atoms with E-state index < -0.39 is 0 Å². The van der Waals surface area contributed by atoms with Gasteiger partial charge in [0.1, 0.15) is 34.2 Å². The van der Waals surface area contributed by atoms with Gasteiger partial charge in [-0.3, -0.25) is 0 Å². The maximum absolute atomic E-state index is 11.9. The number of nitriles is 4. The van der Waals surface area contributed by atoms with Crippen molar-refractivity contribution < 1.29 is 140 Å². The minimum absolute atomic E-state index is 0. The molecule has 0 fully saturated rings. The molecular weight excluding hydrogens is 2110 g/mol. The maximum Gasteiger partial charge on any atom is 3.00 e. The van der Waals surface area contributed by atoms with E-state index in [1.165, 1.54) is 64.1 Å². The van der Waals surface area contributed by atoms with Crippen molar-refractivity contribution >= 4 is 132 Å². The number of benzene rings is 12. The minimum Gasteiger partial charge on any atom is -0.871 e. The Morgan fingerprint density at radius 2 is 0.329 bits per heavy atom. The monoisotopic (exact) mass is 2210 g/mol. The van der Waals surface area contributed by atoms with Crippen LogP contribution in [-0.4, -0.2) is 111 Å². The number of imidazole rings is 6. The van der Waals surface area contributed by atoms with E-state index >= 15 is 0 Å². The number of aromatic nitrogens is 18. The fraction of sp³-hybridized carbons (Fsp3) is 0.123. The molecule has 0 spiro atoms. The zero-order chi connectivity index (χ0) is 103. The van der Waals surface area contributed by atoms with E-state index in [4.69, 9.17) is 31.3 Å². The third kappa shape index (κ3) is 25.5. The first-order chi connectivity index (χ1) is 69.9. The molecule has 24 aromatic rings. The quantitative estimate of drug-likeness (QED) is 0.156.